The Morgan fingerprint density at radius 2 is 1.56 bits per heavy atom. The van der Waals surface area contributed by atoms with E-state index in [4.69, 9.17) is 37.8 Å². The lowest BCUT2D eigenvalue weighted by Gasteiger charge is -2.19. The van der Waals surface area contributed by atoms with Crippen molar-refractivity contribution in [2.45, 2.75) is 24.7 Å². The molecule has 0 aliphatic carbocycles. The van der Waals surface area contributed by atoms with Crippen LogP contribution in [0.2, 0.25) is 10.0 Å². The Morgan fingerprint density at radius 3 is 2.15 bits per heavy atom. The van der Waals surface area contributed by atoms with Gasteiger partial charge in [0.15, 0.2) is 0 Å². The van der Waals surface area contributed by atoms with Crippen LogP contribution in [0, 0.1) is 0 Å². The van der Waals surface area contributed by atoms with E-state index in [9.17, 15) is 28.2 Å². The van der Waals surface area contributed by atoms with Crippen LogP contribution in [0.1, 0.15) is 5.56 Å². The number of hydrogen-bond donors (Lipinski definition) is 6. The summed E-state index contributed by atoms with van der Waals surface area (Å²) < 4.78 is 37.3. The summed E-state index contributed by atoms with van der Waals surface area (Å²) in [5.74, 6) is -2.06. The van der Waals surface area contributed by atoms with Gasteiger partial charge in [-0.15, -0.1) is 0 Å². The molecule has 6 N–H and O–H groups in total. The third kappa shape index (κ3) is 12.7. The number of nitrogens with one attached hydrogen (secondary N) is 3. The molecule has 3 rings (SSSR count). The van der Waals surface area contributed by atoms with Crippen molar-refractivity contribution in [3.63, 3.8) is 0 Å². The van der Waals surface area contributed by atoms with Gasteiger partial charge in [-0.05, 0) is 48.4 Å². The van der Waals surface area contributed by atoms with Crippen LogP contribution >= 0.6 is 23.2 Å². The number of amides is 2. The van der Waals surface area contributed by atoms with E-state index >= 15 is 0 Å². The van der Waals surface area contributed by atoms with E-state index < -0.39 is 24.3 Å². The predicted molar refractivity (Wildman–Crippen MR) is 150 cm³/mol. The molecule has 0 spiro atoms. The van der Waals surface area contributed by atoms with Crippen molar-refractivity contribution in [3.05, 3.63) is 88.4 Å². The third-order valence-corrected chi connectivity index (χ3v) is 6.00. The Kier molecular flexibility index (Phi) is 13.7. The minimum absolute atomic E-state index is 0.0882. The second-order valence-corrected chi connectivity index (χ2v) is 9.24. The number of carbonyl (C=O) groups is 2. The first kappa shape index (κ1) is 33.7. The second-order valence-electron chi connectivity index (χ2n) is 8.45. The minimum Gasteiger partial charge on any atom is -0.491 e. The van der Waals surface area contributed by atoms with Crippen molar-refractivity contribution < 1.29 is 42.8 Å². The Balaban J connectivity index is 0.000000745. The summed E-state index contributed by atoms with van der Waals surface area (Å²) in [5.41, 5.74) is 1.98. The summed E-state index contributed by atoms with van der Waals surface area (Å²) in [5, 5.41) is 36.2. The fraction of sp³-hybridized carbons (Fsp3) is 0.259. The zero-order valence-corrected chi connectivity index (χ0v) is 22.9. The number of carbonyl (C=O) groups excluding carboxylic acids is 1. The first-order valence-corrected chi connectivity index (χ1v) is 12.8. The molecule has 14 heteroatoms. The summed E-state index contributed by atoms with van der Waals surface area (Å²) in [6.07, 6.45) is -5.25. The Labute approximate surface area is 243 Å². The number of ether oxygens (including phenoxy) is 1. The normalized spacial score (nSPS) is 12.4. The maximum Gasteiger partial charge on any atom is 0.490 e. The molecular weight excluding hydrogens is 590 g/mol. The predicted octanol–water partition coefficient (Wildman–Crippen LogP) is 5.20. The van der Waals surface area contributed by atoms with Gasteiger partial charge in [-0.25, -0.2) is 9.59 Å². The van der Waals surface area contributed by atoms with Crippen LogP contribution in [0.15, 0.2) is 72.8 Å². The van der Waals surface area contributed by atoms with Gasteiger partial charge in [0.2, 0.25) is 0 Å². The first-order valence-electron chi connectivity index (χ1n) is 12.0. The van der Waals surface area contributed by atoms with Gasteiger partial charge in [0.25, 0.3) is 0 Å². The fourth-order valence-electron chi connectivity index (χ4n) is 3.17. The largest absolute Gasteiger partial charge is 0.491 e. The van der Waals surface area contributed by atoms with Crippen LogP contribution in [0.25, 0.3) is 0 Å². The quantitative estimate of drug-likeness (QED) is 0.174. The second kappa shape index (κ2) is 16.7. The van der Waals surface area contributed by atoms with Crippen molar-refractivity contribution in [1.29, 1.82) is 0 Å². The van der Waals surface area contributed by atoms with Gasteiger partial charge in [-0.2, -0.15) is 13.2 Å². The molecule has 0 bridgehead atoms. The van der Waals surface area contributed by atoms with E-state index in [-0.39, 0.29) is 30.8 Å². The van der Waals surface area contributed by atoms with Crippen molar-refractivity contribution in [2.75, 3.05) is 30.4 Å². The summed E-state index contributed by atoms with van der Waals surface area (Å²) >= 11 is 12.1. The van der Waals surface area contributed by atoms with E-state index in [0.29, 0.717) is 28.6 Å². The number of rotatable bonds is 11. The van der Waals surface area contributed by atoms with Crippen molar-refractivity contribution >= 4 is 46.6 Å². The van der Waals surface area contributed by atoms with Gasteiger partial charge in [-0.3, -0.25) is 0 Å². The van der Waals surface area contributed by atoms with Crippen LogP contribution in [0.4, 0.5) is 29.3 Å². The van der Waals surface area contributed by atoms with Gasteiger partial charge in [-0.1, -0.05) is 59.6 Å². The standard InChI is InChI=1S/C25H27Cl2N3O4.C2HF3O2/c26-22-7-4-8-23(24(22)27)30-25(33)29-18-11-9-17(10-12-18)13-19(15-31)28-14-20(32)16-34-21-5-2-1-3-6-21;3-2(4,5)1(6)7/h1-12,19-20,28,31-32H,13-16H2,(H2,29,30,33);(H,6,7)/t19-,20-;/m0./s1. The molecule has 0 unspecified atom stereocenters. The number of urea groups is 1. The van der Waals surface area contributed by atoms with Crippen molar-refractivity contribution in [3.8, 4) is 5.75 Å². The smallest absolute Gasteiger partial charge is 0.490 e. The van der Waals surface area contributed by atoms with Crippen LogP contribution in [-0.4, -0.2) is 65.4 Å². The lowest BCUT2D eigenvalue weighted by atomic mass is 10.1. The lowest BCUT2D eigenvalue weighted by Crippen LogP contribution is -2.41. The average molecular weight is 618 g/mol. The maximum atomic E-state index is 12.2. The zero-order valence-electron chi connectivity index (χ0n) is 21.4. The van der Waals surface area contributed by atoms with Crippen molar-refractivity contribution in [2.24, 2.45) is 0 Å². The number of anilines is 2. The number of aliphatic hydroxyl groups excluding tert-OH is 2. The molecule has 2 atom stereocenters. The molecule has 0 heterocycles. The summed E-state index contributed by atoms with van der Waals surface area (Å²) in [7, 11) is 0. The highest BCUT2D eigenvalue weighted by atomic mass is 35.5. The van der Waals surface area contributed by atoms with Gasteiger partial charge in [0.05, 0.1) is 22.3 Å². The molecule has 9 nitrogen and oxygen atoms in total. The molecule has 0 saturated carbocycles. The fourth-order valence-corrected chi connectivity index (χ4v) is 3.51. The Hall–Kier alpha value is -3.55. The molecule has 0 aromatic heterocycles. The van der Waals surface area contributed by atoms with E-state index in [0.717, 1.165) is 5.56 Å². The Morgan fingerprint density at radius 1 is 0.927 bits per heavy atom. The van der Waals surface area contributed by atoms with Crippen LogP contribution in [0.3, 0.4) is 0 Å². The number of para-hydroxylation sites is 1. The average Bonchev–Trinajstić information content (AvgIpc) is 2.93. The highest BCUT2D eigenvalue weighted by Gasteiger charge is 2.38. The molecule has 0 radical (unpaired) electrons. The van der Waals surface area contributed by atoms with E-state index in [1.807, 2.05) is 42.5 Å². The monoisotopic (exact) mass is 617 g/mol. The number of aliphatic hydroxyl groups is 2. The number of alkyl halides is 3. The molecule has 2 amide bonds. The topological polar surface area (TPSA) is 140 Å². The maximum absolute atomic E-state index is 12.2. The molecule has 3 aromatic rings. The SMILES string of the molecule is O=C(Nc1ccc(C[C@@H](CO)NC[C@H](O)COc2ccccc2)cc1)Nc1cccc(Cl)c1Cl.O=C(O)C(F)(F)F. The number of halogens is 5. The number of aliphatic carboxylic acids is 1. The van der Waals surface area contributed by atoms with Crippen molar-refractivity contribution in [1.82, 2.24) is 5.32 Å². The molecule has 222 valence electrons. The van der Waals surface area contributed by atoms with E-state index in [1.165, 1.54) is 0 Å². The highest BCUT2D eigenvalue weighted by molar-refractivity contribution is 6.44. The van der Waals surface area contributed by atoms with E-state index in [1.54, 1.807) is 30.3 Å². The van der Waals surface area contributed by atoms with Gasteiger partial charge in [0.1, 0.15) is 18.5 Å². The molecular formula is C27H28Cl2F3N3O6. The zero-order chi connectivity index (χ0) is 30.4. The van der Waals surface area contributed by atoms with Gasteiger partial charge >= 0.3 is 18.2 Å². The summed E-state index contributed by atoms with van der Waals surface area (Å²) in [6, 6.07) is 20.8. The molecule has 0 fully saturated rings. The molecule has 0 aliphatic heterocycles. The van der Waals surface area contributed by atoms with Crippen LogP contribution in [0.5, 0.6) is 5.75 Å². The first-order chi connectivity index (χ1) is 19.4. The molecule has 0 aliphatic rings. The number of benzene rings is 3. The molecule has 41 heavy (non-hydrogen) atoms. The Bertz CT molecular complexity index is 1250. The molecule has 0 saturated heterocycles. The third-order valence-electron chi connectivity index (χ3n) is 5.18. The number of carboxylic acid groups (broad SMARTS) is 1. The molecule has 3 aromatic carbocycles. The number of hydrogen-bond acceptors (Lipinski definition) is 6. The summed E-state index contributed by atoms with van der Waals surface area (Å²) in [4.78, 5) is 21.1. The minimum atomic E-state index is -5.08. The number of carboxylic acids is 1. The van der Waals surface area contributed by atoms with Crippen LogP contribution in [-0.2, 0) is 11.2 Å². The summed E-state index contributed by atoms with van der Waals surface area (Å²) in [6.45, 7) is 0.344. The highest BCUT2D eigenvalue weighted by Crippen LogP contribution is 2.29. The van der Waals surface area contributed by atoms with E-state index in [2.05, 4.69) is 16.0 Å². The van der Waals surface area contributed by atoms with Gasteiger partial charge in [0, 0.05) is 18.3 Å². The van der Waals surface area contributed by atoms with Gasteiger partial charge < -0.3 is 36.0 Å². The lowest BCUT2D eigenvalue weighted by molar-refractivity contribution is -0.192. The van der Waals surface area contributed by atoms with Crippen LogP contribution < -0.4 is 20.7 Å².